The molecular weight excluding hydrogens is 358 g/mol. The summed E-state index contributed by atoms with van der Waals surface area (Å²) in [6.45, 7) is 0.906. The lowest BCUT2D eigenvalue weighted by Crippen LogP contribution is -2.40. The molecule has 0 aromatic carbocycles. The molecule has 1 aromatic heterocycles. The highest BCUT2D eigenvalue weighted by Gasteiger charge is 2.32. The highest BCUT2D eigenvalue weighted by molar-refractivity contribution is 9.10. The topological polar surface area (TPSA) is 59.8 Å². The van der Waals surface area contributed by atoms with Crippen LogP contribution in [0.15, 0.2) is 20.0 Å². The lowest BCUT2D eigenvalue weighted by atomic mass is 10.1. The summed E-state index contributed by atoms with van der Waals surface area (Å²) in [6.07, 6.45) is 1.54. The molecule has 1 fully saturated rings. The van der Waals surface area contributed by atoms with E-state index in [1.54, 1.807) is 7.11 Å². The second-order valence-corrected chi connectivity index (χ2v) is 7.22. The number of rotatable bonds is 4. The minimum Gasteiger partial charge on any atom is -0.452 e. The third-order valence-corrected chi connectivity index (χ3v) is 6.21. The number of hydrogen-bond donors (Lipinski definition) is 0. The molecular formula is C11H15BrClNO4S. The van der Waals surface area contributed by atoms with Gasteiger partial charge in [0.1, 0.15) is 10.7 Å². The van der Waals surface area contributed by atoms with Crippen LogP contribution in [0, 0.1) is 0 Å². The van der Waals surface area contributed by atoms with Crippen LogP contribution in [-0.2, 0) is 20.6 Å². The number of piperidine rings is 1. The van der Waals surface area contributed by atoms with Crippen molar-refractivity contribution >= 4 is 37.6 Å². The van der Waals surface area contributed by atoms with Gasteiger partial charge < -0.3 is 9.15 Å². The summed E-state index contributed by atoms with van der Waals surface area (Å²) < 4.78 is 37.1. The third kappa shape index (κ3) is 3.16. The van der Waals surface area contributed by atoms with E-state index in [1.165, 1.54) is 10.4 Å². The zero-order valence-corrected chi connectivity index (χ0v) is 13.6. The molecule has 2 rings (SSSR count). The van der Waals surface area contributed by atoms with Crippen molar-refractivity contribution in [2.75, 3.05) is 20.2 Å². The van der Waals surface area contributed by atoms with E-state index in [0.29, 0.717) is 31.7 Å². The Morgan fingerprint density at radius 3 is 2.63 bits per heavy atom. The number of methoxy groups -OCH3 is 1. The molecule has 0 radical (unpaired) electrons. The van der Waals surface area contributed by atoms with Gasteiger partial charge in [0.2, 0.25) is 10.0 Å². The maximum Gasteiger partial charge on any atom is 0.247 e. The summed E-state index contributed by atoms with van der Waals surface area (Å²) in [4.78, 5) is 0.138. The van der Waals surface area contributed by atoms with Crippen LogP contribution in [-0.4, -0.2) is 39.0 Å². The Labute approximate surface area is 126 Å². The molecule has 108 valence electrons. The fourth-order valence-electron chi connectivity index (χ4n) is 2.09. The SMILES string of the molecule is COC1CCN(S(=O)(=O)c2cc(CCl)oc2Br)CC1. The molecule has 0 spiro atoms. The molecule has 0 bridgehead atoms. The Balaban J connectivity index is 2.20. The quantitative estimate of drug-likeness (QED) is 0.762. The first-order chi connectivity index (χ1) is 8.98. The number of nitrogens with zero attached hydrogens (tertiary/aromatic N) is 1. The van der Waals surface area contributed by atoms with Crippen molar-refractivity contribution in [1.82, 2.24) is 4.31 Å². The normalized spacial score (nSPS) is 18.9. The van der Waals surface area contributed by atoms with Gasteiger partial charge in [-0.15, -0.1) is 11.6 Å². The van der Waals surface area contributed by atoms with Crippen LogP contribution in [0.4, 0.5) is 0 Å². The molecule has 0 N–H and O–H groups in total. The number of furan rings is 1. The van der Waals surface area contributed by atoms with Gasteiger partial charge >= 0.3 is 0 Å². The molecule has 0 atom stereocenters. The average Bonchev–Trinajstić information content (AvgIpc) is 2.81. The second kappa shape index (κ2) is 6.13. The van der Waals surface area contributed by atoms with Crippen LogP contribution in [0.3, 0.4) is 0 Å². The molecule has 0 amide bonds. The zero-order valence-electron chi connectivity index (χ0n) is 10.4. The van der Waals surface area contributed by atoms with Gasteiger partial charge in [-0.3, -0.25) is 0 Å². The van der Waals surface area contributed by atoms with E-state index in [-0.39, 0.29) is 21.5 Å². The van der Waals surface area contributed by atoms with Gasteiger partial charge in [-0.25, -0.2) is 8.42 Å². The van der Waals surface area contributed by atoms with Crippen molar-refractivity contribution in [2.24, 2.45) is 0 Å². The minimum atomic E-state index is -3.54. The van der Waals surface area contributed by atoms with Crippen molar-refractivity contribution in [3.63, 3.8) is 0 Å². The second-order valence-electron chi connectivity index (χ2n) is 4.32. The van der Waals surface area contributed by atoms with Gasteiger partial charge in [0.25, 0.3) is 0 Å². The van der Waals surface area contributed by atoms with Crippen molar-refractivity contribution < 1.29 is 17.6 Å². The predicted octanol–water partition coefficient (Wildman–Crippen LogP) is 2.58. The van der Waals surface area contributed by atoms with E-state index in [4.69, 9.17) is 20.8 Å². The first-order valence-corrected chi connectivity index (χ1v) is 8.63. The van der Waals surface area contributed by atoms with Gasteiger partial charge in [0, 0.05) is 26.3 Å². The number of hydrogen-bond acceptors (Lipinski definition) is 4. The summed E-state index contributed by atoms with van der Waals surface area (Å²) in [5, 5.41) is 0. The van der Waals surface area contributed by atoms with Crippen molar-refractivity contribution in [1.29, 1.82) is 0 Å². The Kier molecular flexibility index (Phi) is 4.94. The van der Waals surface area contributed by atoms with E-state index in [9.17, 15) is 8.42 Å². The third-order valence-electron chi connectivity index (χ3n) is 3.19. The zero-order chi connectivity index (χ0) is 14.0. The standard InChI is InChI=1S/C11H15BrClNO4S/c1-17-8-2-4-14(5-3-8)19(15,16)10-6-9(7-13)18-11(10)12/h6,8H,2-5,7H2,1H3. The first kappa shape index (κ1) is 15.3. The molecule has 2 heterocycles. The summed E-state index contributed by atoms with van der Waals surface area (Å²) >= 11 is 8.78. The number of alkyl halides is 1. The molecule has 1 aliphatic rings. The van der Waals surface area contributed by atoms with Crippen LogP contribution in [0.5, 0.6) is 0 Å². The van der Waals surface area contributed by atoms with E-state index in [2.05, 4.69) is 15.9 Å². The highest BCUT2D eigenvalue weighted by Crippen LogP contribution is 2.31. The highest BCUT2D eigenvalue weighted by atomic mass is 79.9. The maximum absolute atomic E-state index is 12.5. The van der Waals surface area contributed by atoms with Crippen molar-refractivity contribution in [3.8, 4) is 0 Å². The molecule has 0 saturated carbocycles. The number of halogens is 2. The van der Waals surface area contributed by atoms with E-state index >= 15 is 0 Å². The monoisotopic (exact) mass is 371 g/mol. The summed E-state index contributed by atoms with van der Waals surface area (Å²) in [5.41, 5.74) is 0. The predicted molar refractivity (Wildman–Crippen MR) is 74.8 cm³/mol. The molecule has 0 aliphatic carbocycles. The van der Waals surface area contributed by atoms with Gasteiger partial charge in [-0.2, -0.15) is 4.31 Å². The van der Waals surface area contributed by atoms with Crippen molar-refractivity contribution in [2.45, 2.75) is 29.7 Å². The summed E-state index contributed by atoms with van der Waals surface area (Å²) in [5.74, 6) is 0.568. The van der Waals surface area contributed by atoms with E-state index in [0.717, 1.165) is 0 Å². The Morgan fingerprint density at radius 1 is 1.53 bits per heavy atom. The van der Waals surface area contributed by atoms with Gasteiger partial charge in [0.15, 0.2) is 4.67 Å². The van der Waals surface area contributed by atoms with E-state index in [1.807, 2.05) is 0 Å². The van der Waals surface area contributed by atoms with Crippen LogP contribution >= 0.6 is 27.5 Å². The first-order valence-electron chi connectivity index (χ1n) is 5.86. The number of sulfonamides is 1. The lowest BCUT2D eigenvalue weighted by Gasteiger charge is -2.30. The maximum atomic E-state index is 12.5. The van der Waals surface area contributed by atoms with Gasteiger partial charge in [0.05, 0.1) is 12.0 Å². The molecule has 8 heteroatoms. The Bertz CT molecular complexity index is 537. The van der Waals surface area contributed by atoms with E-state index < -0.39 is 10.0 Å². The molecule has 1 aliphatic heterocycles. The van der Waals surface area contributed by atoms with Crippen LogP contribution < -0.4 is 0 Å². The minimum absolute atomic E-state index is 0.137. The summed E-state index contributed by atoms with van der Waals surface area (Å²) in [6, 6.07) is 1.47. The van der Waals surface area contributed by atoms with Gasteiger partial charge in [-0.05, 0) is 28.8 Å². The Morgan fingerprint density at radius 2 is 2.16 bits per heavy atom. The van der Waals surface area contributed by atoms with Crippen LogP contribution in [0.1, 0.15) is 18.6 Å². The molecule has 19 heavy (non-hydrogen) atoms. The fraction of sp³-hybridized carbons (Fsp3) is 0.636. The smallest absolute Gasteiger partial charge is 0.247 e. The summed E-state index contributed by atoms with van der Waals surface area (Å²) in [7, 11) is -1.89. The largest absolute Gasteiger partial charge is 0.452 e. The number of ether oxygens (including phenoxy) is 1. The average molecular weight is 373 g/mol. The van der Waals surface area contributed by atoms with Crippen molar-refractivity contribution in [3.05, 3.63) is 16.5 Å². The molecule has 1 aromatic rings. The van der Waals surface area contributed by atoms with Gasteiger partial charge in [-0.1, -0.05) is 0 Å². The molecule has 5 nitrogen and oxygen atoms in total. The Hall–Kier alpha value is -0.0800. The van der Waals surface area contributed by atoms with Crippen LogP contribution in [0.2, 0.25) is 0 Å². The fourth-order valence-corrected chi connectivity index (χ4v) is 4.65. The lowest BCUT2D eigenvalue weighted by molar-refractivity contribution is 0.0604. The molecule has 1 saturated heterocycles. The molecule has 0 unspecified atom stereocenters. The van der Waals surface area contributed by atoms with Crippen LogP contribution in [0.25, 0.3) is 0 Å².